The van der Waals surface area contributed by atoms with Gasteiger partial charge in [0.1, 0.15) is 0 Å². The monoisotopic (exact) mass is 379 g/mol. The summed E-state index contributed by atoms with van der Waals surface area (Å²) in [6.45, 7) is 1.96. The molecule has 1 amide bonds. The number of carbonyl (C=O) groups is 2. The van der Waals surface area contributed by atoms with Crippen molar-refractivity contribution in [2.75, 3.05) is 0 Å². The third-order valence-electron chi connectivity index (χ3n) is 3.70. The lowest BCUT2D eigenvalue weighted by Gasteiger charge is -2.17. The molecule has 0 saturated carbocycles. The van der Waals surface area contributed by atoms with Crippen molar-refractivity contribution in [3.05, 3.63) is 69.2 Å². The molecule has 0 aliphatic rings. The average molecular weight is 380 g/mol. The van der Waals surface area contributed by atoms with Crippen molar-refractivity contribution in [3.8, 4) is 0 Å². The molecule has 1 atom stereocenters. The summed E-state index contributed by atoms with van der Waals surface area (Å²) in [5.74, 6) is -1.18. The highest BCUT2D eigenvalue weighted by molar-refractivity contribution is 6.42. The summed E-state index contributed by atoms with van der Waals surface area (Å²) >= 11 is 11.9. The molecule has 0 bridgehead atoms. The fraction of sp³-hybridized carbons (Fsp3) is 0.263. The molecule has 25 heavy (non-hydrogen) atoms. The molecule has 6 heteroatoms. The first-order valence-electron chi connectivity index (χ1n) is 7.84. The summed E-state index contributed by atoms with van der Waals surface area (Å²) < 4.78 is 0. The summed E-state index contributed by atoms with van der Waals surface area (Å²) in [5.41, 5.74) is 2.78. The number of nitrogens with one attached hydrogen (secondary N) is 1. The van der Waals surface area contributed by atoms with Gasteiger partial charge >= 0.3 is 5.97 Å². The molecule has 0 radical (unpaired) electrons. The third-order valence-corrected chi connectivity index (χ3v) is 4.44. The SMILES string of the molecule is Cc1cccc(CC(=O)NC(CC(=O)O)Cc2ccc(Cl)c(Cl)c2)c1. The van der Waals surface area contributed by atoms with Gasteiger partial charge in [-0.1, -0.05) is 59.1 Å². The Hall–Kier alpha value is -2.04. The Morgan fingerprint density at radius 3 is 2.48 bits per heavy atom. The molecule has 4 nitrogen and oxygen atoms in total. The van der Waals surface area contributed by atoms with E-state index in [1.54, 1.807) is 18.2 Å². The molecule has 2 aromatic rings. The van der Waals surface area contributed by atoms with Crippen LogP contribution in [0.2, 0.25) is 10.0 Å². The highest BCUT2D eigenvalue weighted by Crippen LogP contribution is 2.23. The van der Waals surface area contributed by atoms with E-state index < -0.39 is 12.0 Å². The second-order valence-corrected chi connectivity index (χ2v) is 6.80. The second-order valence-electron chi connectivity index (χ2n) is 5.98. The lowest BCUT2D eigenvalue weighted by atomic mass is 10.0. The summed E-state index contributed by atoms with van der Waals surface area (Å²) in [5, 5.41) is 12.7. The molecule has 0 aliphatic heterocycles. The number of benzene rings is 2. The van der Waals surface area contributed by atoms with Crippen LogP contribution in [-0.2, 0) is 22.4 Å². The lowest BCUT2D eigenvalue weighted by Crippen LogP contribution is -2.39. The van der Waals surface area contributed by atoms with Crippen LogP contribution in [0.15, 0.2) is 42.5 Å². The fourth-order valence-corrected chi connectivity index (χ4v) is 2.94. The number of hydrogen-bond donors (Lipinski definition) is 2. The average Bonchev–Trinajstić information content (AvgIpc) is 2.50. The van der Waals surface area contributed by atoms with E-state index in [4.69, 9.17) is 28.3 Å². The van der Waals surface area contributed by atoms with Gasteiger partial charge in [0.2, 0.25) is 5.91 Å². The zero-order valence-electron chi connectivity index (χ0n) is 13.8. The van der Waals surface area contributed by atoms with Gasteiger partial charge in [-0.25, -0.2) is 0 Å². The molecule has 0 spiro atoms. The van der Waals surface area contributed by atoms with Crippen LogP contribution >= 0.6 is 23.2 Å². The maximum atomic E-state index is 12.3. The van der Waals surface area contributed by atoms with E-state index in [0.717, 1.165) is 16.7 Å². The zero-order chi connectivity index (χ0) is 18.4. The number of carboxylic acids is 1. The van der Waals surface area contributed by atoms with Crippen molar-refractivity contribution in [2.45, 2.75) is 32.2 Å². The number of rotatable bonds is 7. The molecule has 2 rings (SSSR count). The van der Waals surface area contributed by atoms with Crippen molar-refractivity contribution >= 4 is 35.1 Å². The standard InChI is InChI=1S/C19H19Cl2NO3/c1-12-3-2-4-13(7-12)10-18(23)22-15(11-19(24)25)8-14-5-6-16(20)17(21)9-14/h2-7,9,15H,8,10-11H2,1H3,(H,22,23)(H,24,25). The first-order valence-corrected chi connectivity index (χ1v) is 8.59. The lowest BCUT2D eigenvalue weighted by molar-refractivity contribution is -0.137. The maximum absolute atomic E-state index is 12.3. The predicted octanol–water partition coefficient (Wildman–Crippen LogP) is 4.05. The Balaban J connectivity index is 2.04. The topological polar surface area (TPSA) is 66.4 Å². The first-order chi connectivity index (χ1) is 11.8. The van der Waals surface area contributed by atoms with E-state index in [9.17, 15) is 9.59 Å². The third kappa shape index (κ3) is 6.40. The molecular weight excluding hydrogens is 361 g/mol. The normalized spacial score (nSPS) is 11.8. The van der Waals surface area contributed by atoms with Crippen LogP contribution in [0, 0.1) is 6.92 Å². The fourth-order valence-electron chi connectivity index (χ4n) is 2.62. The minimum Gasteiger partial charge on any atom is -0.481 e. The van der Waals surface area contributed by atoms with E-state index >= 15 is 0 Å². The van der Waals surface area contributed by atoms with Crippen LogP contribution in [0.25, 0.3) is 0 Å². The largest absolute Gasteiger partial charge is 0.481 e. The molecule has 132 valence electrons. The zero-order valence-corrected chi connectivity index (χ0v) is 15.3. The number of aryl methyl sites for hydroxylation is 1. The van der Waals surface area contributed by atoms with Crippen molar-refractivity contribution in [3.63, 3.8) is 0 Å². The number of carbonyl (C=O) groups excluding carboxylic acids is 1. The van der Waals surface area contributed by atoms with Gasteiger partial charge in [0, 0.05) is 6.04 Å². The quantitative estimate of drug-likeness (QED) is 0.762. The Kier molecular flexibility index (Phi) is 6.85. The molecule has 0 heterocycles. The van der Waals surface area contributed by atoms with Crippen LogP contribution in [0.5, 0.6) is 0 Å². The Bertz CT molecular complexity index is 777. The first kappa shape index (κ1) is 19.3. The number of hydrogen-bond acceptors (Lipinski definition) is 2. The Morgan fingerprint density at radius 1 is 1.08 bits per heavy atom. The van der Waals surface area contributed by atoms with Crippen molar-refractivity contribution in [2.24, 2.45) is 0 Å². The van der Waals surface area contributed by atoms with Crippen molar-refractivity contribution in [1.29, 1.82) is 0 Å². The summed E-state index contributed by atoms with van der Waals surface area (Å²) in [6.07, 6.45) is 0.404. The van der Waals surface area contributed by atoms with E-state index in [1.807, 2.05) is 31.2 Å². The summed E-state index contributed by atoms with van der Waals surface area (Å²) in [6, 6.07) is 12.3. The molecule has 0 saturated heterocycles. The second kappa shape index (κ2) is 8.88. The van der Waals surface area contributed by atoms with Gasteiger partial charge in [0.15, 0.2) is 0 Å². The van der Waals surface area contributed by atoms with Crippen molar-refractivity contribution < 1.29 is 14.7 Å². The number of aliphatic carboxylic acids is 1. The van der Waals surface area contributed by atoms with E-state index in [2.05, 4.69) is 5.32 Å². The molecule has 2 aromatic carbocycles. The number of carboxylic acid groups (broad SMARTS) is 1. The Labute approximate surface area is 156 Å². The van der Waals surface area contributed by atoms with E-state index in [-0.39, 0.29) is 18.7 Å². The van der Waals surface area contributed by atoms with Crippen LogP contribution in [0.4, 0.5) is 0 Å². The maximum Gasteiger partial charge on any atom is 0.305 e. The molecular formula is C19H19Cl2NO3. The Morgan fingerprint density at radius 2 is 1.84 bits per heavy atom. The van der Waals surface area contributed by atoms with Crippen LogP contribution in [0.1, 0.15) is 23.1 Å². The van der Waals surface area contributed by atoms with Crippen molar-refractivity contribution in [1.82, 2.24) is 5.32 Å². The molecule has 0 fully saturated rings. The minimum absolute atomic E-state index is 0.167. The molecule has 0 aromatic heterocycles. The van der Waals surface area contributed by atoms with E-state index in [0.29, 0.717) is 16.5 Å². The smallest absolute Gasteiger partial charge is 0.305 e. The summed E-state index contributed by atoms with van der Waals surface area (Å²) in [7, 11) is 0. The minimum atomic E-state index is -0.971. The molecule has 2 N–H and O–H groups in total. The van der Waals surface area contributed by atoms with Gasteiger partial charge in [0.25, 0.3) is 0 Å². The van der Waals surface area contributed by atoms with Gasteiger partial charge in [-0.15, -0.1) is 0 Å². The molecule has 1 unspecified atom stereocenters. The van der Waals surface area contributed by atoms with Gasteiger partial charge in [-0.05, 0) is 36.6 Å². The van der Waals surface area contributed by atoms with Gasteiger partial charge in [-0.2, -0.15) is 0 Å². The number of halogens is 2. The highest BCUT2D eigenvalue weighted by atomic mass is 35.5. The predicted molar refractivity (Wildman–Crippen MR) is 99.2 cm³/mol. The van der Waals surface area contributed by atoms with Crippen LogP contribution < -0.4 is 5.32 Å². The highest BCUT2D eigenvalue weighted by Gasteiger charge is 2.17. The van der Waals surface area contributed by atoms with Crippen LogP contribution in [0.3, 0.4) is 0 Å². The van der Waals surface area contributed by atoms with Gasteiger partial charge in [-0.3, -0.25) is 9.59 Å². The van der Waals surface area contributed by atoms with Gasteiger partial charge < -0.3 is 10.4 Å². The van der Waals surface area contributed by atoms with E-state index in [1.165, 1.54) is 0 Å². The molecule has 0 aliphatic carbocycles. The van der Waals surface area contributed by atoms with Crippen LogP contribution in [-0.4, -0.2) is 23.0 Å². The number of amides is 1. The summed E-state index contributed by atoms with van der Waals surface area (Å²) in [4.78, 5) is 23.4. The van der Waals surface area contributed by atoms with Gasteiger partial charge in [0.05, 0.1) is 22.9 Å².